The molecule has 0 saturated carbocycles. The first-order chi connectivity index (χ1) is 11.8. The molecule has 5 nitrogen and oxygen atoms in total. The summed E-state index contributed by atoms with van der Waals surface area (Å²) in [5.74, 6) is 2.36. The number of piperidine rings is 1. The fourth-order valence-corrected chi connectivity index (χ4v) is 3.66. The molecule has 0 spiro atoms. The summed E-state index contributed by atoms with van der Waals surface area (Å²) < 4.78 is 11.2. The lowest BCUT2D eigenvalue weighted by molar-refractivity contribution is 0.213. The number of ether oxygens (including phenoxy) is 2. The number of methoxy groups -OCH3 is 1. The molecule has 4 rings (SSSR count). The van der Waals surface area contributed by atoms with Gasteiger partial charge in [0.2, 0.25) is 0 Å². The normalized spacial score (nSPS) is 20.9. The number of benzene rings is 1. The monoisotopic (exact) mass is 325 g/mol. The first-order valence-corrected chi connectivity index (χ1v) is 8.54. The minimum Gasteiger partial charge on any atom is -0.497 e. The van der Waals surface area contributed by atoms with E-state index >= 15 is 0 Å². The highest BCUT2D eigenvalue weighted by molar-refractivity contribution is 5.64. The number of rotatable bonds is 4. The molecular formula is C19H23N3O2. The van der Waals surface area contributed by atoms with Gasteiger partial charge in [-0.1, -0.05) is 0 Å². The summed E-state index contributed by atoms with van der Waals surface area (Å²) in [6, 6.07) is 8.06. The average Bonchev–Trinajstić information content (AvgIpc) is 3.16. The predicted octanol–water partition coefficient (Wildman–Crippen LogP) is 3.07. The van der Waals surface area contributed by atoms with Gasteiger partial charge in [0.1, 0.15) is 18.1 Å². The third-order valence-electron chi connectivity index (χ3n) is 4.88. The summed E-state index contributed by atoms with van der Waals surface area (Å²) in [4.78, 5) is 2.52. The van der Waals surface area contributed by atoms with Crippen molar-refractivity contribution in [3.8, 4) is 11.5 Å². The first kappa shape index (κ1) is 15.3. The van der Waals surface area contributed by atoms with Gasteiger partial charge in [-0.25, -0.2) is 0 Å². The Kier molecular flexibility index (Phi) is 4.26. The summed E-state index contributed by atoms with van der Waals surface area (Å²) in [6.07, 6.45) is 6.55. The maximum absolute atomic E-state index is 5.91. The molecule has 0 unspecified atom stereocenters. The maximum atomic E-state index is 5.91. The Morgan fingerprint density at radius 1 is 1.38 bits per heavy atom. The van der Waals surface area contributed by atoms with Crippen LogP contribution in [0.4, 0.5) is 0 Å². The van der Waals surface area contributed by atoms with E-state index in [2.05, 4.69) is 27.2 Å². The molecule has 0 aliphatic carbocycles. The lowest BCUT2D eigenvalue weighted by atomic mass is 9.94. The summed E-state index contributed by atoms with van der Waals surface area (Å²) in [7, 11) is 1.69. The van der Waals surface area contributed by atoms with Crippen molar-refractivity contribution in [3.63, 3.8) is 0 Å². The van der Waals surface area contributed by atoms with Gasteiger partial charge >= 0.3 is 0 Å². The molecule has 2 aromatic rings. The SMILES string of the molecule is COc1ccc2c(c1)C=C(CN1CCC[C@H](c3ccn[nH]3)C1)CO2. The van der Waals surface area contributed by atoms with Gasteiger partial charge in [0.05, 0.1) is 7.11 Å². The lowest BCUT2D eigenvalue weighted by Crippen LogP contribution is -2.36. The largest absolute Gasteiger partial charge is 0.497 e. The van der Waals surface area contributed by atoms with Crippen LogP contribution in [-0.2, 0) is 0 Å². The molecule has 1 fully saturated rings. The molecule has 24 heavy (non-hydrogen) atoms. The Morgan fingerprint density at radius 2 is 2.33 bits per heavy atom. The first-order valence-electron chi connectivity index (χ1n) is 8.54. The number of hydrogen-bond donors (Lipinski definition) is 1. The number of nitrogens with one attached hydrogen (secondary N) is 1. The van der Waals surface area contributed by atoms with Crippen molar-refractivity contribution in [3.05, 3.63) is 47.3 Å². The Labute approximate surface area is 142 Å². The second-order valence-corrected chi connectivity index (χ2v) is 6.58. The average molecular weight is 325 g/mol. The quantitative estimate of drug-likeness (QED) is 0.938. The van der Waals surface area contributed by atoms with E-state index in [0.29, 0.717) is 12.5 Å². The molecule has 1 atom stereocenters. The van der Waals surface area contributed by atoms with E-state index in [4.69, 9.17) is 9.47 Å². The Hall–Kier alpha value is -2.27. The van der Waals surface area contributed by atoms with Crippen LogP contribution in [0.1, 0.15) is 30.0 Å². The van der Waals surface area contributed by atoms with Gasteiger partial charge in [-0.15, -0.1) is 0 Å². The molecule has 2 aliphatic heterocycles. The zero-order valence-corrected chi connectivity index (χ0v) is 14.0. The summed E-state index contributed by atoms with van der Waals surface area (Å²) in [5, 5.41) is 7.22. The molecule has 0 bridgehead atoms. The van der Waals surface area contributed by atoms with Crippen molar-refractivity contribution in [1.29, 1.82) is 0 Å². The Balaban J connectivity index is 1.46. The van der Waals surface area contributed by atoms with Gasteiger partial charge < -0.3 is 9.47 Å². The number of nitrogens with zero attached hydrogens (tertiary/aromatic N) is 2. The zero-order chi connectivity index (χ0) is 16.4. The van der Waals surface area contributed by atoms with Crippen LogP contribution in [0.25, 0.3) is 6.08 Å². The predicted molar refractivity (Wildman–Crippen MR) is 93.5 cm³/mol. The minimum atomic E-state index is 0.554. The van der Waals surface area contributed by atoms with Crippen molar-refractivity contribution < 1.29 is 9.47 Å². The van der Waals surface area contributed by atoms with Gasteiger partial charge in [0, 0.05) is 36.5 Å². The molecule has 5 heteroatoms. The van der Waals surface area contributed by atoms with Crippen molar-refractivity contribution >= 4 is 6.08 Å². The van der Waals surface area contributed by atoms with Crippen LogP contribution < -0.4 is 9.47 Å². The highest BCUT2D eigenvalue weighted by Gasteiger charge is 2.23. The van der Waals surface area contributed by atoms with E-state index in [1.54, 1.807) is 7.11 Å². The van der Waals surface area contributed by atoms with Gasteiger partial charge in [0.25, 0.3) is 0 Å². The molecule has 0 amide bonds. The summed E-state index contributed by atoms with van der Waals surface area (Å²) >= 11 is 0. The molecular weight excluding hydrogens is 302 g/mol. The molecule has 1 N–H and O–H groups in total. The van der Waals surface area contributed by atoms with E-state index in [-0.39, 0.29) is 0 Å². The summed E-state index contributed by atoms with van der Waals surface area (Å²) in [5.41, 5.74) is 3.68. The minimum absolute atomic E-state index is 0.554. The fourth-order valence-electron chi connectivity index (χ4n) is 3.66. The highest BCUT2D eigenvalue weighted by Crippen LogP contribution is 2.31. The number of fused-ring (bicyclic) bond motifs is 1. The van der Waals surface area contributed by atoms with E-state index < -0.39 is 0 Å². The topological polar surface area (TPSA) is 50.4 Å². The van der Waals surface area contributed by atoms with Crippen LogP contribution in [0.5, 0.6) is 11.5 Å². The molecule has 2 aliphatic rings. The van der Waals surface area contributed by atoms with Gasteiger partial charge in [-0.05, 0) is 55.3 Å². The zero-order valence-electron chi connectivity index (χ0n) is 14.0. The van der Waals surface area contributed by atoms with Gasteiger partial charge in [-0.3, -0.25) is 10.00 Å². The lowest BCUT2D eigenvalue weighted by Gasteiger charge is -2.33. The Bertz CT molecular complexity index is 724. The van der Waals surface area contributed by atoms with E-state index in [9.17, 15) is 0 Å². The number of H-pyrrole nitrogens is 1. The van der Waals surface area contributed by atoms with Crippen molar-refractivity contribution in [2.24, 2.45) is 0 Å². The number of hydrogen-bond acceptors (Lipinski definition) is 4. The molecule has 1 aromatic carbocycles. The third-order valence-corrected chi connectivity index (χ3v) is 4.88. The van der Waals surface area contributed by atoms with E-state index in [1.165, 1.54) is 24.1 Å². The van der Waals surface area contributed by atoms with Crippen LogP contribution in [0, 0.1) is 0 Å². The summed E-state index contributed by atoms with van der Waals surface area (Å²) in [6.45, 7) is 3.85. The number of aromatic nitrogens is 2. The van der Waals surface area contributed by atoms with Crippen LogP contribution in [0.15, 0.2) is 36.0 Å². The molecule has 3 heterocycles. The van der Waals surface area contributed by atoms with Crippen molar-refractivity contribution in [2.45, 2.75) is 18.8 Å². The van der Waals surface area contributed by atoms with Crippen molar-refractivity contribution in [1.82, 2.24) is 15.1 Å². The second kappa shape index (κ2) is 6.69. The number of aromatic amines is 1. The smallest absolute Gasteiger partial charge is 0.127 e. The van der Waals surface area contributed by atoms with E-state index in [1.807, 2.05) is 24.4 Å². The van der Waals surface area contributed by atoms with Crippen molar-refractivity contribution in [2.75, 3.05) is 33.4 Å². The second-order valence-electron chi connectivity index (χ2n) is 6.58. The van der Waals surface area contributed by atoms with Crippen LogP contribution in [0.2, 0.25) is 0 Å². The maximum Gasteiger partial charge on any atom is 0.127 e. The van der Waals surface area contributed by atoms with Crippen LogP contribution in [0.3, 0.4) is 0 Å². The van der Waals surface area contributed by atoms with Gasteiger partial charge in [-0.2, -0.15) is 5.10 Å². The fraction of sp³-hybridized carbons (Fsp3) is 0.421. The molecule has 0 radical (unpaired) electrons. The molecule has 1 saturated heterocycles. The highest BCUT2D eigenvalue weighted by atomic mass is 16.5. The standard InChI is InChI=1S/C19H23N3O2/c1-23-17-4-5-19-16(10-17)9-14(13-24-19)11-22-8-2-3-15(12-22)18-6-7-20-21-18/h4-7,9-10,15H,2-3,8,11-13H2,1H3,(H,20,21)/t15-/m0/s1. The molecule has 126 valence electrons. The van der Waals surface area contributed by atoms with Crippen LogP contribution in [-0.4, -0.2) is 48.4 Å². The van der Waals surface area contributed by atoms with Gasteiger partial charge in [0.15, 0.2) is 0 Å². The molecule has 1 aromatic heterocycles. The Morgan fingerprint density at radius 3 is 3.17 bits per heavy atom. The third kappa shape index (κ3) is 3.17. The van der Waals surface area contributed by atoms with E-state index in [0.717, 1.165) is 36.7 Å². The van der Waals surface area contributed by atoms with Crippen LogP contribution >= 0.6 is 0 Å². The number of likely N-dealkylation sites (tertiary alicyclic amines) is 1.